The van der Waals surface area contributed by atoms with Crippen molar-refractivity contribution in [3.8, 4) is 5.75 Å². The Morgan fingerprint density at radius 3 is 2.19 bits per heavy atom. The maximum Gasteiger partial charge on any atom is 0.435 e. The van der Waals surface area contributed by atoms with Gasteiger partial charge in [0.1, 0.15) is 0 Å². The lowest BCUT2D eigenvalue weighted by Gasteiger charge is -2.31. The fourth-order valence-corrected chi connectivity index (χ4v) is 3.54. The largest absolute Gasteiger partial charge is 0.435 e. The van der Waals surface area contributed by atoms with Crippen LogP contribution in [0.1, 0.15) is 35.7 Å². The van der Waals surface area contributed by atoms with Gasteiger partial charge in [0.2, 0.25) is 0 Å². The summed E-state index contributed by atoms with van der Waals surface area (Å²) in [6.07, 6.45) is -11.6. The standard InChI is InChI=1S/C21H17BrF10N2O2/c1-2-3-7-33-13-6-4-5-11(15(13)23)17(35)34-16-12(22)8-10(9-14(16)36-18(24)25)19(26,20(27,28)29)21(30,31)32/h4-6,8-9,18,33H,2-3,7H2,1H3,(H,34,35). The van der Waals surface area contributed by atoms with E-state index in [9.17, 15) is 48.7 Å². The molecule has 0 aliphatic rings. The number of halogens is 11. The zero-order valence-electron chi connectivity index (χ0n) is 18.1. The monoisotopic (exact) mass is 598 g/mol. The third kappa shape index (κ3) is 6.16. The molecule has 0 radical (unpaired) electrons. The van der Waals surface area contributed by atoms with Crippen molar-refractivity contribution in [1.29, 1.82) is 0 Å². The van der Waals surface area contributed by atoms with Gasteiger partial charge in [0.05, 0.1) is 16.9 Å². The lowest BCUT2D eigenvalue weighted by atomic mass is 9.93. The van der Waals surface area contributed by atoms with Gasteiger partial charge in [0.25, 0.3) is 5.91 Å². The van der Waals surface area contributed by atoms with Gasteiger partial charge in [-0.15, -0.1) is 0 Å². The van der Waals surface area contributed by atoms with Crippen LogP contribution in [0.25, 0.3) is 0 Å². The quantitative estimate of drug-likeness (QED) is 0.227. The summed E-state index contributed by atoms with van der Waals surface area (Å²) < 4.78 is 137. The topological polar surface area (TPSA) is 50.4 Å². The van der Waals surface area contributed by atoms with Crippen LogP contribution in [0.4, 0.5) is 55.3 Å². The van der Waals surface area contributed by atoms with Gasteiger partial charge in [-0.25, -0.2) is 8.78 Å². The van der Waals surface area contributed by atoms with E-state index in [1.165, 1.54) is 12.1 Å². The van der Waals surface area contributed by atoms with E-state index in [0.29, 0.717) is 13.0 Å². The molecule has 2 N–H and O–H groups in total. The van der Waals surface area contributed by atoms with E-state index < -0.39 is 63.4 Å². The second kappa shape index (κ2) is 11.1. The first-order chi connectivity index (χ1) is 16.5. The van der Waals surface area contributed by atoms with Crippen molar-refractivity contribution < 1.29 is 53.4 Å². The Balaban J connectivity index is 2.56. The molecule has 0 fully saturated rings. The smallest absolute Gasteiger partial charge is 0.433 e. The molecule has 200 valence electrons. The second-order valence-corrected chi connectivity index (χ2v) is 8.12. The number of carbonyl (C=O) groups is 1. The Kier molecular flexibility index (Phi) is 9.13. The molecule has 0 atom stereocenters. The number of hydrogen-bond acceptors (Lipinski definition) is 3. The summed E-state index contributed by atoms with van der Waals surface area (Å²) in [5, 5.41) is 4.63. The van der Waals surface area contributed by atoms with Crippen LogP contribution in [0.2, 0.25) is 0 Å². The number of amides is 1. The number of alkyl halides is 9. The summed E-state index contributed by atoms with van der Waals surface area (Å²) in [7, 11) is 0. The van der Waals surface area contributed by atoms with Crippen molar-refractivity contribution in [2.45, 2.75) is 44.4 Å². The predicted molar refractivity (Wildman–Crippen MR) is 113 cm³/mol. The molecule has 4 nitrogen and oxygen atoms in total. The van der Waals surface area contributed by atoms with Crippen LogP contribution >= 0.6 is 15.9 Å². The van der Waals surface area contributed by atoms with Gasteiger partial charge >= 0.3 is 24.6 Å². The van der Waals surface area contributed by atoms with Crippen molar-refractivity contribution >= 4 is 33.2 Å². The van der Waals surface area contributed by atoms with Gasteiger partial charge < -0.3 is 15.4 Å². The van der Waals surface area contributed by atoms with Gasteiger partial charge in [-0.05, 0) is 46.6 Å². The minimum atomic E-state index is -6.54. The molecule has 0 bridgehead atoms. The first-order valence-electron chi connectivity index (χ1n) is 9.99. The van der Waals surface area contributed by atoms with Crippen molar-refractivity contribution in [3.05, 3.63) is 51.7 Å². The maximum atomic E-state index is 14.8. The number of benzene rings is 2. The van der Waals surface area contributed by atoms with Crippen LogP contribution < -0.4 is 15.4 Å². The van der Waals surface area contributed by atoms with E-state index in [1.54, 1.807) is 0 Å². The van der Waals surface area contributed by atoms with Crippen molar-refractivity contribution in [2.24, 2.45) is 0 Å². The Labute approximate surface area is 206 Å². The fraction of sp³-hybridized carbons (Fsp3) is 0.381. The van der Waals surface area contributed by atoms with Crippen LogP contribution in [0.3, 0.4) is 0 Å². The summed E-state index contributed by atoms with van der Waals surface area (Å²) in [6, 6.07) is 3.28. The fourth-order valence-electron chi connectivity index (χ4n) is 3.00. The van der Waals surface area contributed by atoms with E-state index in [0.717, 1.165) is 12.5 Å². The highest BCUT2D eigenvalue weighted by atomic mass is 79.9. The summed E-state index contributed by atoms with van der Waals surface area (Å²) in [5.74, 6) is -3.81. The molecular formula is C21H17BrF10N2O2. The molecule has 0 spiro atoms. The molecule has 2 aromatic carbocycles. The number of unbranched alkanes of at least 4 members (excludes halogenated alkanes) is 1. The van der Waals surface area contributed by atoms with E-state index >= 15 is 0 Å². The Hall–Kier alpha value is -2.71. The van der Waals surface area contributed by atoms with Gasteiger partial charge in [-0.2, -0.15) is 35.1 Å². The first-order valence-corrected chi connectivity index (χ1v) is 10.8. The van der Waals surface area contributed by atoms with E-state index in [2.05, 4.69) is 26.0 Å². The Morgan fingerprint density at radius 2 is 1.67 bits per heavy atom. The lowest BCUT2D eigenvalue weighted by Crippen LogP contribution is -2.50. The van der Waals surface area contributed by atoms with Crippen LogP contribution in [0.15, 0.2) is 34.8 Å². The van der Waals surface area contributed by atoms with Crippen molar-refractivity contribution in [2.75, 3.05) is 17.2 Å². The third-order valence-electron chi connectivity index (χ3n) is 4.78. The SMILES string of the molecule is CCCCNc1cccc(C(=O)Nc2c(Br)cc(C(F)(C(F)(F)F)C(F)(F)F)cc2OC(F)F)c1F. The van der Waals surface area contributed by atoms with E-state index in [4.69, 9.17) is 0 Å². The van der Waals surface area contributed by atoms with Gasteiger partial charge in [0.15, 0.2) is 11.6 Å². The van der Waals surface area contributed by atoms with Crippen LogP contribution in [0.5, 0.6) is 5.75 Å². The molecule has 0 saturated carbocycles. The van der Waals surface area contributed by atoms with Gasteiger partial charge in [-0.3, -0.25) is 4.79 Å². The van der Waals surface area contributed by atoms with Crippen molar-refractivity contribution in [3.63, 3.8) is 0 Å². The first kappa shape index (κ1) is 29.5. The van der Waals surface area contributed by atoms with Crippen LogP contribution in [-0.4, -0.2) is 31.4 Å². The number of anilines is 2. The molecule has 15 heteroatoms. The number of carbonyl (C=O) groups excluding carboxylic acids is 1. The zero-order valence-corrected chi connectivity index (χ0v) is 19.6. The van der Waals surface area contributed by atoms with Crippen LogP contribution in [-0.2, 0) is 5.67 Å². The summed E-state index contributed by atoms with van der Waals surface area (Å²) >= 11 is 2.54. The number of rotatable bonds is 9. The molecule has 1 amide bonds. The summed E-state index contributed by atoms with van der Waals surface area (Å²) in [6.45, 7) is -1.57. The second-order valence-electron chi connectivity index (χ2n) is 7.27. The summed E-state index contributed by atoms with van der Waals surface area (Å²) in [5.41, 5.74) is -9.72. The molecular weight excluding hydrogens is 582 g/mol. The molecule has 0 heterocycles. The molecule has 0 unspecified atom stereocenters. The summed E-state index contributed by atoms with van der Waals surface area (Å²) in [4.78, 5) is 12.6. The Morgan fingerprint density at radius 1 is 1.06 bits per heavy atom. The zero-order chi connectivity index (χ0) is 27.5. The lowest BCUT2D eigenvalue weighted by molar-refractivity contribution is -0.348. The molecule has 0 saturated heterocycles. The highest BCUT2D eigenvalue weighted by Gasteiger charge is 2.73. The number of nitrogens with one attached hydrogen (secondary N) is 2. The average molecular weight is 599 g/mol. The van der Waals surface area contributed by atoms with Crippen LogP contribution in [0, 0.1) is 5.82 Å². The van der Waals surface area contributed by atoms with E-state index in [1.807, 2.05) is 12.2 Å². The molecule has 36 heavy (non-hydrogen) atoms. The predicted octanol–water partition coefficient (Wildman–Crippen LogP) is 7.94. The minimum Gasteiger partial charge on any atom is -0.433 e. The normalized spacial score (nSPS) is 12.6. The van der Waals surface area contributed by atoms with E-state index in [-0.39, 0.29) is 17.8 Å². The number of ether oxygens (including phenoxy) is 1. The molecule has 0 aliphatic carbocycles. The minimum absolute atomic E-state index is 0.00595. The highest BCUT2D eigenvalue weighted by molar-refractivity contribution is 9.10. The molecule has 2 rings (SSSR count). The van der Waals surface area contributed by atoms with Gasteiger partial charge in [0, 0.05) is 16.6 Å². The Bertz CT molecular complexity index is 1080. The molecule has 2 aromatic rings. The average Bonchev–Trinajstić information content (AvgIpc) is 2.74. The molecule has 0 aliphatic heterocycles. The number of hydrogen-bond donors (Lipinski definition) is 2. The van der Waals surface area contributed by atoms with Crippen molar-refractivity contribution in [1.82, 2.24) is 0 Å². The highest BCUT2D eigenvalue weighted by Crippen LogP contribution is 2.55. The third-order valence-corrected chi connectivity index (χ3v) is 5.40. The molecule has 0 aromatic heterocycles. The maximum absolute atomic E-state index is 14.8. The van der Waals surface area contributed by atoms with Gasteiger partial charge in [-0.1, -0.05) is 19.4 Å².